The van der Waals surface area contributed by atoms with Crippen molar-refractivity contribution in [3.05, 3.63) is 35.9 Å². The maximum Gasteiger partial charge on any atom is 0.139 e. The summed E-state index contributed by atoms with van der Waals surface area (Å²) in [4.78, 5) is 1.63. The molecule has 1 saturated heterocycles. The molecule has 2 nitrogen and oxygen atoms in total. The van der Waals surface area contributed by atoms with Gasteiger partial charge in [-0.2, -0.15) is 0 Å². The van der Waals surface area contributed by atoms with Gasteiger partial charge in [0, 0.05) is 6.42 Å². The van der Waals surface area contributed by atoms with Crippen LogP contribution in [0, 0.1) is 17.8 Å². The van der Waals surface area contributed by atoms with Crippen molar-refractivity contribution >= 4 is 0 Å². The van der Waals surface area contributed by atoms with E-state index in [4.69, 9.17) is 0 Å². The average Bonchev–Trinajstić information content (AvgIpc) is 3.05. The van der Waals surface area contributed by atoms with Crippen LogP contribution in [0.3, 0.4) is 0 Å². The van der Waals surface area contributed by atoms with Crippen molar-refractivity contribution in [2.45, 2.75) is 63.4 Å². The van der Waals surface area contributed by atoms with E-state index in [9.17, 15) is 5.11 Å². The number of likely N-dealkylation sites (tertiary alicyclic amines) is 1. The Morgan fingerprint density at radius 1 is 0.917 bits per heavy atom. The number of hydrogen-bond acceptors (Lipinski definition) is 1. The fraction of sp³-hybridized carbons (Fsp3) is 0.636. The van der Waals surface area contributed by atoms with Gasteiger partial charge in [0.05, 0.1) is 13.1 Å². The molecule has 2 N–H and O–H groups in total. The summed E-state index contributed by atoms with van der Waals surface area (Å²) in [6, 6.07) is 10.2. The van der Waals surface area contributed by atoms with Gasteiger partial charge in [-0.25, -0.2) is 0 Å². The van der Waals surface area contributed by atoms with E-state index in [0.29, 0.717) is 12.3 Å². The largest absolute Gasteiger partial charge is 0.384 e. The smallest absolute Gasteiger partial charge is 0.139 e. The van der Waals surface area contributed by atoms with Gasteiger partial charge in [0.2, 0.25) is 0 Å². The number of aliphatic hydroxyl groups is 1. The first-order valence-electron chi connectivity index (χ1n) is 9.86. The van der Waals surface area contributed by atoms with E-state index >= 15 is 0 Å². The third kappa shape index (κ3) is 4.41. The Morgan fingerprint density at radius 3 is 2.25 bits per heavy atom. The zero-order chi connectivity index (χ0) is 16.7. The lowest BCUT2D eigenvalue weighted by atomic mass is 9.78. The quantitative estimate of drug-likeness (QED) is 0.817. The molecule has 1 aliphatic carbocycles. The van der Waals surface area contributed by atoms with E-state index in [-0.39, 0.29) is 0 Å². The third-order valence-electron chi connectivity index (χ3n) is 5.94. The molecular weight excluding hydrogens is 294 g/mol. The Hall–Kier alpha value is -1.30. The number of hydrogen-bond donors (Lipinski definition) is 2. The van der Waals surface area contributed by atoms with Crippen molar-refractivity contribution in [3.63, 3.8) is 0 Å². The molecule has 0 spiro atoms. The van der Waals surface area contributed by atoms with E-state index in [0.717, 1.165) is 24.9 Å². The zero-order valence-corrected chi connectivity index (χ0v) is 14.9. The summed E-state index contributed by atoms with van der Waals surface area (Å²) >= 11 is 0. The number of benzene rings is 1. The minimum absolute atomic E-state index is 0.361. The molecule has 1 heterocycles. The van der Waals surface area contributed by atoms with Gasteiger partial charge in [-0.15, -0.1) is 0 Å². The van der Waals surface area contributed by atoms with Crippen LogP contribution in [0.2, 0.25) is 0 Å². The molecule has 0 radical (unpaired) electrons. The molecular formula is C22H32NO+. The van der Waals surface area contributed by atoms with Crippen LogP contribution in [-0.2, 0) is 5.60 Å². The van der Waals surface area contributed by atoms with E-state index in [1.165, 1.54) is 51.6 Å². The molecule has 3 rings (SSSR count). The average molecular weight is 327 g/mol. The van der Waals surface area contributed by atoms with Crippen LogP contribution in [0.15, 0.2) is 30.3 Å². The third-order valence-corrected chi connectivity index (χ3v) is 5.94. The van der Waals surface area contributed by atoms with E-state index < -0.39 is 5.60 Å². The van der Waals surface area contributed by atoms with Gasteiger partial charge in [-0.05, 0) is 55.9 Å². The fourth-order valence-corrected chi connectivity index (χ4v) is 4.40. The summed E-state index contributed by atoms with van der Waals surface area (Å²) < 4.78 is 0. The Bertz CT molecular complexity index is 544. The van der Waals surface area contributed by atoms with Gasteiger partial charge in [-0.3, -0.25) is 0 Å². The fourth-order valence-electron chi connectivity index (χ4n) is 4.40. The Labute approximate surface area is 147 Å². The highest BCUT2D eigenvalue weighted by Crippen LogP contribution is 2.42. The van der Waals surface area contributed by atoms with Crippen molar-refractivity contribution in [2.24, 2.45) is 5.92 Å². The predicted molar refractivity (Wildman–Crippen MR) is 98.7 cm³/mol. The SMILES string of the molecule is OC(CC#CC[NH+]1CCCCCC1)(c1ccccc1)C1CCCC1. The second kappa shape index (κ2) is 8.70. The summed E-state index contributed by atoms with van der Waals surface area (Å²) in [6.45, 7) is 3.47. The van der Waals surface area contributed by atoms with Crippen molar-refractivity contribution < 1.29 is 10.0 Å². The van der Waals surface area contributed by atoms with Crippen molar-refractivity contribution in [1.29, 1.82) is 0 Å². The minimum atomic E-state index is -0.765. The summed E-state index contributed by atoms with van der Waals surface area (Å²) in [5.41, 5.74) is 0.284. The van der Waals surface area contributed by atoms with Gasteiger partial charge in [0.25, 0.3) is 0 Å². The summed E-state index contributed by atoms with van der Waals surface area (Å²) in [5, 5.41) is 11.5. The molecule has 130 valence electrons. The van der Waals surface area contributed by atoms with E-state index in [2.05, 4.69) is 24.0 Å². The normalized spacial score (nSPS) is 22.4. The molecule has 24 heavy (non-hydrogen) atoms. The van der Waals surface area contributed by atoms with Crippen LogP contribution in [-0.4, -0.2) is 24.7 Å². The molecule has 2 fully saturated rings. The Balaban J connectivity index is 1.65. The van der Waals surface area contributed by atoms with Crippen LogP contribution < -0.4 is 4.90 Å². The summed E-state index contributed by atoms with van der Waals surface area (Å²) in [6.07, 6.45) is 10.8. The zero-order valence-electron chi connectivity index (χ0n) is 14.9. The predicted octanol–water partition coefficient (Wildman–Crippen LogP) is 2.92. The van der Waals surface area contributed by atoms with Crippen molar-refractivity contribution in [3.8, 4) is 11.8 Å². The lowest BCUT2D eigenvalue weighted by Crippen LogP contribution is -3.11. The maximum absolute atomic E-state index is 11.5. The van der Waals surface area contributed by atoms with Gasteiger partial charge < -0.3 is 10.0 Å². The van der Waals surface area contributed by atoms with Crippen molar-refractivity contribution in [1.82, 2.24) is 0 Å². The monoisotopic (exact) mass is 326 g/mol. The Morgan fingerprint density at radius 2 is 1.58 bits per heavy atom. The second-order valence-electron chi connectivity index (χ2n) is 7.64. The van der Waals surface area contributed by atoms with Gasteiger partial charge >= 0.3 is 0 Å². The molecule has 1 aromatic carbocycles. The minimum Gasteiger partial charge on any atom is -0.384 e. The first kappa shape index (κ1) is 17.5. The number of nitrogens with one attached hydrogen (secondary N) is 1. The maximum atomic E-state index is 11.5. The molecule has 0 aromatic heterocycles. The van der Waals surface area contributed by atoms with Crippen molar-refractivity contribution in [2.75, 3.05) is 19.6 Å². The van der Waals surface area contributed by atoms with E-state index in [1.54, 1.807) is 4.90 Å². The molecule has 1 aliphatic heterocycles. The van der Waals surface area contributed by atoms with Crippen LogP contribution in [0.5, 0.6) is 0 Å². The van der Waals surface area contributed by atoms with Crippen LogP contribution in [0.25, 0.3) is 0 Å². The molecule has 1 aromatic rings. The molecule has 1 atom stereocenters. The standard InChI is InChI=1S/C22H31NO/c24-22(21-14-6-7-15-21,20-12-4-3-5-13-20)16-8-11-19-23-17-9-1-2-10-18-23/h3-5,12-13,21,24H,1-2,6-7,9-10,14-19H2/p+1. The molecule has 1 unspecified atom stereocenters. The highest BCUT2D eigenvalue weighted by Gasteiger charge is 2.39. The van der Waals surface area contributed by atoms with Gasteiger partial charge in [0.1, 0.15) is 12.1 Å². The van der Waals surface area contributed by atoms with Crippen LogP contribution in [0.1, 0.15) is 63.4 Å². The molecule has 1 saturated carbocycles. The summed E-state index contributed by atoms with van der Waals surface area (Å²) in [7, 11) is 0. The molecule has 0 amide bonds. The van der Waals surface area contributed by atoms with E-state index in [1.807, 2.05) is 18.2 Å². The first-order chi connectivity index (χ1) is 11.8. The van der Waals surface area contributed by atoms with Crippen LogP contribution in [0.4, 0.5) is 0 Å². The lowest BCUT2D eigenvalue weighted by Gasteiger charge is -2.33. The second-order valence-corrected chi connectivity index (χ2v) is 7.64. The highest BCUT2D eigenvalue weighted by atomic mass is 16.3. The first-order valence-corrected chi connectivity index (χ1v) is 9.86. The highest BCUT2D eigenvalue weighted by molar-refractivity contribution is 5.26. The number of rotatable bonds is 4. The topological polar surface area (TPSA) is 24.7 Å². The molecule has 2 aliphatic rings. The van der Waals surface area contributed by atoms with Crippen LogP contribution >= 0.6 is 0 Å². The summed E-state index contributed by atoms with van der Waals surface area (Å²) in [5.74, 6) is 7.09. The Kier molecular flexibility index (Phi) is 6.35. The molecule has 0 bridgehead atoms. The van der Waals surface area contributed by atoms with Gasteiger partial charge in [0.15, 0.2) is 0 Å². The van der Waals surface area contributed by atoms with Gasteiger partial charge in [-0.1, -0.05) is 49.1 Å². The molecule has 2 heteroatoms. The number of quaternary nitrogens is 1. The lowest BCUT2D eigenvalue weighted by molar-refractivity contribution is -0.891.